The number of rotatable bonds is 7. The van der Waals surface area contributed by atoms with Crippen LogP contribution in [0.4, 0.5) is 0 Å². The Bertz CT molecular complexity index is 136. The van der Waals surface area contributed by atoms with Crippen LogP contribution in [0.1, 0.15) is 19.8 Å². The molecule has 0 aromatic heterocycles. The Kier molecular flexibility index (Phi) is 8.34. The summed E-state index contributed by atoms with van der Waals surface area (Å²) < 4.78 is 0. The van der Waals surface area contributed by atoms with Crippen LogP contribution in [0, 0.1) is 0 Å². The van der Waals surface area contributed by atoms with Crippen molar-refractivity contribution in [2.24, 2.45) is 0 Å². The van der Waals surface area contributed by atoms with Crippen molar-refractivity contribution in [2.75, 3.05) is 18.1 Å². The molecular formula is C9H17NOS. The molecule has 0 spiro atoms. The first-order chi connectivity index (χ1) is 5.81. The predicted molar refractivity (Wildman–Crippen MR) is 55.4 cm³/mol. The summed E-state index contributed by atoms with van der Waals surface area (Å²) in [6.45, 7) is 6.30. The van der Waals surface area contributed by atoms with E-state index in [0.717, 1.165) is 13.0 Å². The fraction of sp³-hybridized carbons (Fsp3) is 0.667. The van der Waals surface area contributed by atoms with Gasteiger partial charge in [0.05, 0.1) is 0 Å². The number of thioether (sulfide) groups is 1. The highest BCUT2D eigenvalue weighted by atomic mass is 32.2. The van der Waals surface area contributed by atoms with Gasteiger partial charge in [0.15, 0.2) is 0 Å². The van der Waals surface area contributed by atoms with Crippen LogP contribution in [0.5, 0.6) is 0 Å². The second kappa shape index (κ2) is 8.65. The van der Waals surface area contributed by atoms with Gasteiger partial charge < -0.3 is 5.32 Å². The van der Waals surface area contributed by atoms with E-state index in [0.29, 0.717) is 0 Å². The van der Waals surface area contributed by atoms with Crippen LogP contribution < -0.4 is 5.32 Å². The van der Waals surface area contributed by atoms with E-state index in [2.05, 4.69) is 18.8 Å². The molecule has 1 amide bonds. The zero-order chi connectivity index (χ0) is 9.23. The second-order valence-corrected chi connectivity index (χ2v) is 3.79. The van der Waals surface area contributed by atoms with Crippen molar-refractivity contribution in [3.05, 3.63) is 12.7 Å². The highest BCUT2D eigenvalue weighted by Gasteiger charge is 1.92. The maximum absolute atomic E-state index is 10.7. The largest absolute Gasteiger partial charge is 0.353 e. The maximum atomic E-state index is 10.7. The first-order valence-corrected chi connectivity index (χ1v) is 5.44. The Labute approximate surface area is 78.8 Å². The Morgan fingerprint density at radius 2 is 2.33 bits per heavy atom. The third-order valence-corrected chi connectivity index (χ3v) is 2.39. The topological polar surface area (TPSA) is 29.1 Å². The maximum Gasteiger partial charge on any atom is 0.243 e. The molecule has 0 heterocycles. The van der Waals surface area contributed by atoms with Crippen LogP contribution >= 0.6 is 11.8 Å². The summed E-state index contributed by atoms with van der Waals surface area (Å²) in [6, 6.07) is 0. The quantitative estimate of drug-likeness (QED) is 0.486. The van der Waals surface area contributed by atoms with Gasteiger partial charge in [0.1, 0.15) is 0 Å². The normalized spacial score (nSPS) is 9.42. The molecule has 0 atom stereocenters. The summed E-state index contributed by atoms with van der Waals surface area (Å²) in [6.07, 6.45) is 3.54. The number of carbonyl (C=O) groups is 1. The molecule has 0 saturated heterocycles. The van der Waals surface area contributed by atoms with Crippen LogP contribution in [0.2, 0.25) is 0 Å². The number of nitrogens with one attached hydrogen (secondary N) is 1. The standard InChI is InChI=1S/C9H17NOS/c1-3-9(11)10-7-5-6-8-12-4-2/h3H,1,4-8H2,2H3,(H,10,11). The summed E-state index contributed by atoms with van der Waals surface area (Å²) in [4.78, 5) is 10.7. The number of unbranched alkanes of at least 4 members (excludes halogenated alkanes) is 1. The molecule has 0 aromatic carbocycles. The molecular weight excluding hydrogens is 170 g/mol. The van der Waals surface area contributed by atoms with E-state index in [-0.39, 0.29) is 5.91 Å². The van der Waals surface area contributed by atoms with Crippen LogP contribution in [-0.4, -0.2) is 24.0 Å². The lowest BCUT2D eigenvalue weighted by atomic mass is 10.3. The van der Waals surface area contributed by atoms with E-state index >= 15 is 0 Å². The number of hydrogen-bond donors (Lipinski definition) is 1. The molecule has 0 aliphatic heterocycles. The molecule has 0 aromatic rings. The molecule has 0 aliphatic rings. The summed E-state index contributed by atoms with van der Waals surface area (Å²) in [7, 11) is 0. The highest BCUT2D eigenvalue weighted by molar-refractivity contribution is 7.99. The summed E-state index contributed by atoms with van der Waals surface area (Å²) in [5.41, 5.74) is 0. The zero-order valence-corrected chi connectivity index (χ0v) is 8.45. The van der Waals surface area contributed by atoms with Crippen LogP contribution in [0.3, 0.4) is 0 Å². The molecule has 0 unspecified atom stereocenters. The minimum atomic E-state index is -0.0712. The second-order valence-electron chi connectivity index (χ2n) is 2.40. The monoisotopic (exact) mass is 187 g/mol. The van der Waals surface area contributed by atoms with Crippen molar-refractivity contribution in [1.82, 2.24) is 5.32 Å². The minimum Gasteiger partial charge on any atom is -0.353 e. The van der Waals surface area contributed by atoms with E-state index in [1.807, 2.05) is 11.8 Å². The van der Waals surface area contributed by atoms with Crippen LogP contribution in [-0.2, 0) is 4.79 Å². The minimum absolute atomic E-state index is 0.0712. The van der Waals surface area contributed by atoms with Gasteiger partial charge in [0.2, 0.25) is 5.91 Å². The zero-order valence-electron chi connectivity index (χ0n) is 7.64. The smallest absolute Gasteiger partial charge is 0.243 e. The highest BCUT2D eigenvalue weighted by Crippen LogP contribution is 2.02. The van der Waals surface area contributed by atoms with E-state index in [1.165, 1.54) is 24.0 Å². The van der Waals surface area contributed by atoms with Crippen molar-refractivity contribution in [2.45, 2.75) is 19.8 Å². The number of carbonyl (C=O) groups excluding carboxylic acids is 1. The molecule has 0 rings (SSSR count). The molecule has 0 radical (unpaired) electrons. The third kappa shape index (κ3) is 7.66. The third-order valence-electron chi connectivity index (χ3n) is 1.40. The van der Waals surface area contributed by atoms with Gasteiger partial charge in [-0.3, -0.25) is 4.79 Å². The van der Waals surface area contributed by atoms with Gasteiger partial charge in [0.25, 0.3) is 0 Å². The Balaban J connectivity index is 3.00. The molecule has 3 heteroatoms. The van der Waals surface area contributed by atoms with E-state index in [9.17, 15) is 4.79 Å². The fourth-order valence-electron chi connectivity index (χ4n) is 0.757. The fourth-order valence-corrected chi connectivity index (χ4v) is 1.45. The van der Waals surface area contributed by atoms with Crippen molar-refractivity contribution < 1.29 is 4.79 Å². The lowest BCUT2D eigenvalue weighted by Crippen LogP contribution is -2.21. The average Bonchev–Trinajstić information content (AvgIpc) is 2.10. The molecule has 12 heavy (non-hydrogen) atoms. The number of hydrogen-bond acceptors (Lipinski definition) is 2. The van der Waals surface area contributed by atoms with Gasteiger partial charge in [-0.15, -0.1) is 0 Å². The molecule has 1 N–H and O–H groups in total. The predicted octanol–water partition coefficient (Wildman–Crippen LogP) is 1.82. The van der Waals surface area contributed by atoms with Crippen molar-refractivity contribution >= 4 is 17.7 Å². The van der Waals surface area contributed by atoms with Gasteiger partial charge in [-0.25, -0.2) is 0 Å². The van der Waals surface area contributed by atoms with Gasteiger partial charge in [-0.05, 0) is 30.4 Å². The first-order valence-electron chi connectivity index (χ1n) is 4.29. The van der Waals surface area contributed by atoms with Crippen LogP contribution in [0.15, 0.2) is 12.7 Å². The Morgan fingerprint density at radius 3 is 2.92 bits per heavy atom. The van der Waals surface area contributed by atoms with Gasteiger partial charge in [-0.2, -0.15) is 11.8 Å². The molecule has 0 bridgehead atoms. The van der Waals surface area contributed by atoms with Crippen molar-refractivity contribution in [1.29, 1.82) is 0 Å². The van der Waals surface area contributed by atoms with Crippen molar-refractivity contribution in [3.63, 3.8) is 0 Å². The van der Waals surface area contributed by atoms with E-state index in [1.54, 1.807) is 0 Å². The molecule has 0 fully saturated rings. The summed E-state index contributed by atoms with van der Waals surface area (Å²) in [5.74, 6) is 2.30. The SMILES string of the molecule is C=CC(=O)NCCCCSCC. The first kappa shape index (κ1) is 11.6. The van der Waals surface area contributed by atoms with E-state index in [4.69, 9.17) is 0 Å². The van der Waals surface area contributed by atoms with Gasteiger partial charge in [0, 0.05) is 6.54 Å². The molecule has 0 saturated carbocycles. The lowest BCUT2D eigenvalue weighted by Gasteiger charge is -2.00. The molecule has 70 valence electrons. The Morgan fingerprint density at radius 1 is 1.58 bits per heavy atom. The lowest BCUT2D eigenvalue weighted by molar-refractivity contribution is -0.116. The van der Waals surface area contributed by atoms with Gasteiger partial charge in [-0.1, -0.05) is 13.5 Å². The van der Waals surface area contributed by atoms with E-state index < -0.39 is 0 Å². The average molecular weight is 187 g/mol. The number of amides is 1. The summed E-state index contributed by atoms with van der Waals surface area (Å²) in [5, 5.41) is 2.74. The Hall–Kier alpha value is -0.440. The summed E-state index contributed by atoms with van der Waals surface area (Å²) >= 11 is 1.94. The van der Waals surface area contributed by atoms with Gasteiger partial charge >= 0.3 is 0 Å². The molecule has 0 aliphatic carbocycles. The molecule has 2 nitrogen and oxygen atoms in total. The van der Waals surface area contributed by atoms with Crippen molar-refractivity contribution in [3.8, 4) is 0 Å². The van der Waals surface area contributed by atoms with Crippen LogP contribution in [0.25, 0.3) is 0 Å².